The van der Waals surface area contributed by atoms with Gasteiger partial charge in [-0.3, -0.25) is 9.78 Å². The minimum Gasteiger partial charge on any atom is -0.385 e. The Labute approximate surface area is 123 Å². The number of nitrogens with zero attached hydrogens (tertiary/aromatic N) is 2. The molecule has 21 heavy (non-hydrogen) atoms. The number of anilines is 1. The first-order valence-corrected chi connectivity index (χ1v) is 6.68. The number of pyridine rings is 1. The Morgan fingerprint density at radius 1 is 1.19 bits per heavy atom. The molecule has 0 fully saturated rings. The number of hydrogen-bond donors (Lipinski definition) is 2. The summed E-state index contributed by atoms with van der Waals surface area (Å²) in [6, 6.07) is 14.8. The first kappa shape index (κ1) is 14.5. The molecule has 2 N–H and O–H groups in total. The number of carbonyl (C=O) groups is 1. The quantitative estimate of drug-likeness (QED) is 0.849. The van der Waals surface area contributed by atoms with E-state index in [-0.39, 0.29) is 5.91 Å². The molecule has 5 nitrogen and oxygen atoms in total. The van der Waals surface area contributed by atoms with E-state index in [1.807, 2.05) is 30.3 Å². The Balaban J connectivity index is 1.68. The molecule has 1 aromatic carbocycles. The zero-order valence-electron chi connectivity index (χ0n) is 11.5. The van der Waals surface area contributed by atoms with Crippen LogP contribution < -0.4 is 10.6 Å². The van der Waals surface area contributed by atoms with Crippen molar-refractivity contribution in [3.05, 3.63) is 59.9 Å². The van der Waals surface area contributed by atoms with Gasteiger partial charge in [-0.1, -0.05) is 6.07 Å². The van der Waals surface area contributed by atoms with Crippen LogP contribution in [0.2, 0.25) is 0 Å². The molecule has 0 saturated carbocycles. The van der Waals surface area contributed by atoms with E-state index in [1.165, 1.54) is 0 Å². The summed E-state index contributed by atoms with van der Waals surface area (Å²) in [5, 5.41) is 14.7. The molecule has 106 valence electrons. The molecule has 1 heterocycles. The standard InChI is InChI=1S/C16H16N4O/c17-11-13-4-6-14(7-5-13)19-10-8-16(21)20-12-15-3-1-2-9-18-15/h1-7,9,19H,8,10,12H2,(H,20,21). The average molecular weight is 280 g/mol. The van der Waals surface area contributed by atoms with Crippen LogP contribution in [0, 0.1) is 11.3 Å². The fourth-order valence-corrected chi connectivity index (χ4v) is 1.76. The normalized spacial score (nSPS) is 9.67. The lowest BCUT2D eigenvalue weighted by atomic mass is 10.2. The smallest absolute Gasteiger partial charge is 0.222 e. The van der Waals surface area contributed by atoms with Gasteiger partial charge in [0.2, 0.25) is 5.91 Å². The van der Waals surface area contributed by atoms with E-state index in [0.29, 0.717) is 25.1 Å². The summed E-state index contributed by atoms with van der Waals surface area (Å²) >= 11 is 0. The summed E-state index contributed by atoms with van der Waals surface area (Å²) in [5.41, 5.74) is 2.35. The number of nitrogens with one attached hydrogen (secondary N) is 2. The third kappa shape index (κ3) is 4.96. The highest BCUT2D eigenvalue weighted by Crippen LogP contribution is 2.08. The summed E-state index contributed by atoms with van der Waals surface area (Å²) in [5.74, 6) is -0.0261. The molecule has 1 amide bonds. The minimum absolute atomic E-state index is 0.0261. The van der Waals surface area contributed by atoms with Crippen molar-refractivity contribution in [1.29, 1.82) is 5.26 Å². The molecular weight excluding hydrogens is 264 g/mol. The van der Waals surface area contributed by atoms with Gasteiger partial charge in [-0.15, -0.1) is 0 Å². The Hall–Kier alpha value is -2.87. The highest BCUT2D eigenvalue weighted by molar-refractivity contribution is 5.76. The number of amides is 1. The van der Waals surface area contributed by atoms with E-state index in [9.17, 15) is 4.79 Å². The van der Waals surface area contributed by atoms with Gasteiger partial charge in [0.25, 0.3) is 0 Å². The fourth-order valence-electron chi connectivity index (χ4n) is 1.76. The van der Waals surface area contributed by atoms with Crippen LogP contribution in [0.5, 0.6) is 0 Å². The zero-order valence-corrected chi connectivity index (χ0v) is 11.5. The Morgan fingerprint density at radius 3 is 2.67 bits per heavy atom. The maximum absolute atomic E-state index is 11.7. The average Bonchev–Trinajstić information content (AvgIpc) is 2.54. The van der Waals surface area contributed by atoms with Crippen molar-refractivity contribution in [1.82, 2.24) is 10.3 Å². The molecular formula is C16H16N4O. The second kappa shape index (κ2) is 7.65. The van der Waals surface area contributed by atoms with Gasteiger partial charge in [-0.05, 0) is 36.4 Å². The topological polar surface area (TPSA) is 77.8 Å². The molecule has 0 aliphatic rings. The predicted octanol–water partition coefficient (Wildman–Crippen LogP) is 2.07. The molecule has 0 bridgehead atoms. The zero-order chi connectivity index (χ0) is 14.9. The van der Waals surface area contributed by atoms with Gasteiger partial charge < -0.3 is 10.6 Å². The first-order valence-electron chi connectivity index (χ1n) is 6.68. The summed E-state index contributed by atoms with van der Waals surface area (Å²) in [6.07, 6.45) is 2.08. The van der Waals surface area contributed by atoms with Crippen molar-refractivity contribution in [2.75, 3.05) is 11.9 Å². The van der Waals surface area contributed by atoms with E-state index in [0.717, 1.165) is 11.4 Å². The molecule has 1 aromatic heterocycles. The Kier molecular flexibility index (Phi) is 5.30. The number of carbonyl (C=O) groups excluding carboxylic acids is 1. The third-order valence-corrected chi connectivity index (χ3v) is 2.89. The maximum Gasteiger partial charge on any atom is 0.222 e. The number of hydrogen-bond acceptors (Lipinski definition) is 4. The lowest BCUT2D eigenvalue weighted by molar-refractivity contribution is -0.121. The second-order valence-electron chi connectivity index (χ2n) is 4.46. The number of nitriles is 1. The molecule has 2 aromatic rings. The van der Waals surface area contributed by atoms with Crippen molar-refractivity contribution in [2.24, 2.45) is 0 Å². The van der Waals surface area contributed by atoms with E-state index in [1.54, 1.807) is 18.3 Å². The summed E-state index contributed by atoms with van der Waals surface area (Å²) < 4.78 is 0. The van der Waals surface area contributed by atoms with Crippen LogP contribution in [-0.4, -0.2) is 17.4 Å². The highest BCUT2D eigenvalue weighted by Gasteiger charge is 2.01. The van der Waals surface area contributed by atoms with Crippen LogP contribution in [0.15, 0.2) is 48.7 Å². The van der Waals surface area contributed by atoms with Crippen LogP contribution in [0.1, 0.15) is 17.7 Å². The molecule has 0 unspecified atom stereocenters. The van der Waals surface area contributed by atoms with Crippen molar-refractivity contribution >= 4 is 11.6 Å². The van der Waals surface area contributed by atoms with Crippen molar-refractivity contribution < 1.29 is 4.79 Å². The lowest BCUT2D eigenvalue weighted by Crippen LogP contribution is -2.25. The summed E-state index contributed by atoms with van der Waals surface area (Å²) in [6.45, 7) is 0.983. The second-order valence-corrected chi connectivity index (χ2v) is 4.46. The molecule has 0 radical (unpaired) electrons. The van der Waals surface area contributed by atoms with Crippen molar-refractivity contribution in [2.45, 2.75) is 13.0 Å². The van der Waals surface area contributed by atoms with Gasteiger partial charge in [0.1, 0.15) is 0 Å². The SMILES string of the molecule is N#Cc1ccc(NCCC(=O)NCc2ccccn2)cc1. The maximum atomic E-state index is 11.7. The highest BCUT2D eigenvalue weighted by atomic mass is 16.1. The summed E-state index contributed by atoms with van der Waals surface area (Å²) in [7, 11) is 0. The molecule has 0 spiro atoms. The lowest BCUT2D eigenvalue weighted by Gasteiger charge is -2.07. The van der Waals surface area contributed by atoms with Crippen LogP contribution in [-0.2, 0) is 11.3 Å². The summed E-state index contributed by atoms with van der Waals surface area (Å²) in [4.78, 5) is 15.8. The first-order chi connectivity index (χ1) is 10.3. The molecule has 0 aliphatic heterocycles. The van der Waals surface area contributed by atoms with Crippen LogP contribution >= 0.6 is 0 Å². The predicted molar refractivity (Wildman–Crippen MR) is 80.3 cm³/mol. The third-order valence-electron chi connectivity index (χ3n) is 2.89. The number of rotatable bonds is 6. The largest absolute Gasteiger partial charge is 0.385 e. The van der Waals surface area contributed by atoms with Crippen molar-refractivity contribution in [3.63, 3.8) is 0 Å². The van der Waals surface area contributed by atoms with E-state index >= 15 is 0 Å². The molecule has 0 atom stereocenters. The molecule has 0 saturated heterocycles. The molecule has 5 heteroatoms. The minimum atomic E-state index is -0.0261. The van der Waals surface area contributed by atoms with Crippen molar-refractivity contribution in [3.8, 4) is 6.07 Å². The Bertz CT molecular complexity index is 617. The van der Waals surface area contributed by atoms with Gasteiger partial charge >= 0.3 is 0 Å². The van der Waals surface area contributed by atoms with Crippen LogP contribution in [0.3, 0.4) is 0 Å². The van der Waals surface area contributed by atoms with Gasteiger partial charge in [0.05, 0.1) is 23.9 Å². The number of aromatic nitrogens is 1. The van der Waals surface area contributed by atoms with E-state index in [4.69, 9.17) is 5.26 Å². The fraction of sp³-hybridized carbons (Fsp3) is 0.188. The molecule has 2 rings (SSSR count). The van der Waals surface area contributed by atoms with Gasteiger partial charge in [-0.25, -0.2) is 0 Å². The molecule has 0 aliphatic carbocycles. The Morgan fingerprint density at radius 2 is 2.00 bits per heavy atom. The van der Waals surface area contributed by atoms with E-state index in [2.05, 4.69) is 21.7 Å². The monoisotopic (exact) mass is 280 g/mol. The van der Waals surface area contributed by atoms with Gasteiger partial charge in [0, 0.05) is 24.8 Å². The van der Waals surface area contributed by atoms with Gasteiger partial charge in [0.15, 0.2) is 0 Å². The van der Waals surface area contributed by atoms with E-state index < -0.39 is 0 Å². The van der Waals surface area contributed by atoms with Gasteiger partial charge in [-0.2, -0.15) is 5.26 Å². The number of benzene rings is 1. The van der Waals surface area contributed by atoms with Crippen LogP contribution in [0.4, 0.5) is 5.69 Å². The van der Waals surface area contributed by atoms with Crippen LogP contribution in [0.25, 0.3) is 0 Å².